The summed E-state index contributed by atoms with van der Waals surface area (Å²) < 4.78 is 19.5. The standard InChI is InChI=1S/C16H14BrFN2O2/c1-2-22-14-6-3-11(4-7-14)16(21)20-19-10-12-9-13(17)5-8-15(12)18/h3-10H,2H2,1H3,(H,20,21)/b19-10+. The fourth-order valence-electron chi connectivity index (χ4n) is 1.71. The lowest BCUT2D eigenvalue weighted by molar-refractivity contribution is 0.0955. The number of amides is 1. The molecule has 0 unspecified atom stereocenters. The highest BCUT2D eigenvalue weighted by atomic mass is 79.9. The van der Waals surface area contributed by atoms with Crippen molar-refractivity contribution < 1.29 is 13.9 Å². The zero-order valence-corrected chi connectivity index (χ0v) is 13.4. The molecule has 0 radical (unpaired) electrons. The smallest absolute Gasteiger partial charge is 0.271 e. The molecule has 0 aromatic heterocycles. The van der Waals surface area contributed by atoms with Crippen LogP contribution in [0.1, 0.15) is 22.8 Å². The number of carbonyl (C=O) groups excluding carboxylic acids is 1. The topological polar surface area (TPSA) is 50.7 Å². The normalized spacial score (nSPS) is 10.7. The van der Waals surface area contributed by atoms with Crippen molar-refractivity contribution in [2.75, 3.05) is 6.61 Å². The second-order valence-corrected chi connectivity index (χ2v) is 5.24. The lowest BCUT2D eigenvalue weighted by Gasteiger charge is -2.04. The minimum Gasteiger partial charge on any atom is -0.494 e. The van der Waals surface area contributed by atoms with Crippen LogP contribution in [0.2, 0.25) is 0 Å². The first-order valence-electron chi connectivity index (χ1n) is 6.61. The van der Waals surface area contributed by atoms with Gasteiger partial charge in [-0.2, -0.15) is 5.10 Å². The van der Waals surface area contributed by atoms with Gasteiger partial charge in [0.1, 0.15) is 11.6 Å². The van der Waals surface area contributed by atoms with Crippen LogP contribution < -0.4 is 10.2 Å². The van der Waals surface area contributed by atoms with Crippen molar-refractivity contribution in [3.8, 4) is 5.75 Å². The highest BCUT2D eigenvalue weighted by Gasteiger charge is 2.05. The first-order chi connectivity index (χ1) is 10.6. The van der Waals surface area contributed by atoms with Gasteiger partial charge in [-0.25, -0.2) is 9.82 Å². The van der Waals surface area contributed by atoms with Crippen molar-refractivity contribution in [3.63, 3.8) is 0 Å². The van der Waals surface area contributed by atoms with E-state index in [0.29, 0.717) is 17.9 Å². The van der Waals surface area contributed by atoms with E-state index in [2.05, 4.69) is 26.5 Å². The molecule has 6 heteroatoms. The number of nitrogens with one attached hydrogen (secondary N) is 1. The second-order valence-electron chi connectivity index (χ2n) is 4.32. The van der Waals surface area contributed by atoms with E-state index in [-0.39, 0.29) is 11.5 Å². The van der Waals surface area contributed by atoms with Gasteiger partial charge in [-0.1, -0.05) is 15.9 Å². The number of hydrogen-bond acceptors (Lipinski definition) is 3. The number of nitrogens with zero attached hydrogens (tertiary/aromatic N) is 1. The van der Waals surface area contributed by atoms with Gasteiger partial charge in [0, 0.05) is 15.6 Å². The van der Waals surface area contributed by atoms with E-state index in [4.69, 9.17) is 4.74 Å². The van der Waals surface area contributed by atoms with Gasteiger partial charge in [0.15, 0.2) is 0 Å². The summed E-state index contributed by atoms with van der Waals surface area (Å²) in [5.41, 5.74) is 3.07. The summed E-state index contributed by atoms with van der Waals surface area (Å²) in [7, 11) is 0. The Morgan fingerprint density at radius 2 is 2.05 bits per heavy atom. The predicted octanol–water partition coefficient (Wildman–Crippen LogP) is 3.75. The molecular formula is C16H14BrFN2O2. The third-order valence-electron chi connectivity index (χ3n) is 2.76. The molecule has 1 N–H and O–H groups in total. The summed E-state index contributed by atoms with van der Waals surface area (Å²) in [4.78, 5) is 11.9. The number of rotatable bonds is 5. The van der Waals surface area contributed by atoms with Gasteiger partial charge in [0.2, 0.25) is 0 Å². The Morgan fingerprint density at radius 3 is 2.73 bits per heavy atom. The third-order valence-corrected chi connectivity index (χ3v) is 3.25. The molecule has 114 valence electrons. The second kappa shape index (κ2) is 7.70. The summed E-state index contributed by atoms with van der Waals surface area (Å²) >= 11 is 3.25. The molecule has 0 fully saturated rings. The van der Waals surface area contributed by atoms with Crippen LogP contribution in [0.15, 0.2) is 52.0 Å². The quantitative estimate of drug-likeness (QED) is 0.648. The number of hydrazone groups is 1. The Kier molecular flexibility index (Phi) is 5.66. The number of ether oxygens (including phenoxy) is 1. The SMILES string of the molecule is CCOc1ccc(C(=O)N/N=C/c2cc(Br)ccc2F)cc1. The van der Waals surface area contributed by atoms with Crippen LogP contribution in [0.25, 0.3) is 0 Å². The fraction of sp³-hybridized carbons (Fsp3) is 0.125. The molecule has 0 aliphatic rings. The molecular weight excluding hydrogens is 351 g/mol. The Labute approximate surface area is 136 Å². The van der Waals surface area contributed by atoms with E-state index in [1.807, 2.05) is 6.92 Å². The molecule has 0 aliphatic carbocycles. The Morgan fingerprint density at radius 1 is 1.32 bits per heavy atom. The molecule has 0 spiro atoms. The molecule has 0 heterocycles. The maximum atomic E-state index is 13.5. The molecule has 1 amide bonds. The fourth-order valence-corrected chi connectivity index (χ4v) is 2.09. The molecule has 0 saturated carbocycles. The predicted molar refractivity (Wildman–Crippen MR) is 86.8 cm³/mol. The molecule has 0 bridgehead atoms. The van der Waals surface area contributed by atoms with E-state index in [0.717, 1.165) is 4.47 Å². The van der Waals surface area contributed by atoms with Crippen molar-refractivity contribution in [2.45, 2.75) is 6.92 Å². The van der Waals surface area contributed by atoms with Gasteiger partial charge in [-0.15, -0.1) is 0 Å². The number of carbonyl (C=O) groups is 1. The van der Waals surface area contributed by atoms with Crippen LogP contribution in [0.3, 0.4) is 0 Å². The van der Waals surface area contributed by atoms with Gasteiger partial charge in [0.05, 0.1) is 12.8 Å². The zero-order chi connectivity index (χ0) is 15.9. The average Bonchev–Trinajstić information content (AvgIpc) is 2.51. The number of hydrogen-bond donors (Lipinski definition) is 1. The van der Waals surface area contributed by atoms with E-state index in [1.165, 1.54) is 12.3 Å². The summed E-state index contributed by atoms with van der Waals surface area (Å²) in [5.74, 6) is -0.101. The highest BCUT2D eigenvalue weighted by molar-refractivity contribution is 9.10. The molecule has 2 aromatic carbocycles. The summed E-state index contributed by atoms with van der Waals surface area (Å²) in [5, 5.41) is 3.76. The summed E-state index contributed by atoms with van der Waals surface area (Å²) in [6, 6.07) is 11.2. The summed E-state index contributed by atoms with van der Waals surface area (Å²) in [6.45, 7) is 2.45. The highest BCUT2D eigenvalue weighted by Crippen LogP contribution is 2.14. The largest absolute Gasteiger partial charge is 0.494 e. The van der Waals surface area contributed by atoms with Gasteiger partial charge in [-0.3, -0.25) is 4.79 Å². The van der Waals surface area contributed by atoms with Crippen LogP contribution in [-0.4, -0.2) is 18.7 Å². The van der Waals surface area contributed by atoms with Gasteiger partial charge >= 0.3 is 0 Å². The number of benzene rings is 2. The third kappa shape index (κ3) is 4.39. The van der Waals surface area contributed by atoms with Crippen molar-refractivity contribution >= 4 is 28.1 Å². The molecule has 2 aromatic rings. The molecule has 2 rings (SSSR count). The molecule has 0 aliphatic heterocycles. The van der Waals surface area contributed by atoms with Gasteiger partial charge in [0.25, 0.3) is 5.91 Å². The van der Waals surface area contributed by atoms with Crippen molar-refractivity contribution in [1.29, 1.82) is 0 Å². The maximum Gasteiger partial charge on any atom is 0.271 e. The first-order valence-corrected chi connectivity index (χ1v) is 7.40. The molecule has 4 nitrogen and oxygen atoms in total. The Balaban J connectivity index is 2.00. The van der Waals surface area contributed by atoms with Crippen LogP contribution in [0.5, 0.6) is 5.75 Å². The van der Waals surface area contributed by atoms with E-state index < -0.39 is 5.82 Å². The van der Waals surface area contributed by atoms with Crippen molar-refractivity contribution in [3.05, 3.63) is 63.9 Å². The van der Waals surface area contributed by atoms with Crippen molar-refractivity contribution in [2.24, 2.45) is 5.10 Å². The van der Waals surface area contributed by atoms with Gasteiger partial charge < -0.3 is 4.74 Å². The monoisotopic (exact) mass is 364 g/mol. The van der Waals surface area contributed by atoms with E-state index >= 15 is 0 Å². The average molecular weight is 365 g/mol. The van der Waals surface area contributed by atoms with Crippen molar-refractivity contribution in [1.82, 2.24) is 5.43 Å². The molecule has 22 heavy (non-hydrogen) atoms. The van der Waals surface area contributed by atoms with E-state index in [9.17, 15) is 9.18 Å². The Hall–Kier alpha value is -2.21. The first kappa shape index (κ1) is 16.2. The Bertz CT molecular complexity index is 687. The molecule has 0 atom stereocenters. The minimum absolute atomic E-state index is 0.279. The summed E-state index contributed by atoms with van der Waals surface area (Å²) in [6.07, 6.45) is 1.26. The van der Waals surface area contributed by atoms with E-state index in [1.54, 1.807) is 36.4 Å². The maximum absolute atomic E-state index is 13.5. The lowest BCUT2D eigenvalue weighted by Crippen LogP contribution is -2.17. The van der Waals surface area contributed by atoms with Gasteiger partial charge in [-0.05, 0) is 49.4 Å². The zero-order valence-electron chi connectivity index (χ0n) is 11.8. The minimum atomic E-state index is -0.415. The molecule has 0 saturated heterocycles. The van der Waals surface area contributed by atoms with Crippen LogP contribution >= 0.6 is 15.9 Å². The van der Waals surface area contributed by atoms with Crippen LogP contribution in [0.4, 0.5) is 4.39 Å². The van der Waals surface area contributed by atoms with Crippen LogP contribution in [-0.2, 0) is 0 Å². The van der Waals surface area contributed by atoms with Crippen LogP contribution in [0, 0.1) is 5.82 Å². The number of halogens is 2. The lowest BCUT2D eigenvalue weighted by atomic mass is 10.2.